The Bertz CT molecular complexity index is 534. The van der Waals surface area contributed by atoms with Crippen molar-refractivity contribution in [1.29, 1.82) is 0 Å². The molecule has 0 bridgehead atoms. The van der Waals surface area contributed by atoms with E-state index in [0.29, 0.717) is 12.5 Å². The molecule has 0 radical (unpaired) electrons. The zero-order chi connectivity index (χ0) is 25.7. The number of nitrogens with one attached hydrogen (secondary N) is 1. The van der Waals surface area contributed by atoms with Gasteiger partial charge in [0.1, 0.15) is 8.24 Å². The van der Waals surface area contributed by atoms with Gasteiger partial charge in [-0.3, -0.25) is 4.79 Å². The number of carbonyl (C=O) groups is 1. The maximum Gasteiger partial charge on any atom is 0.220 e. The first-order chi connectivity index (χ1) is 15.9. The van der Waals surface area contributed by atoms with Crippen LogP contribution in [0, 0.1) is 0 Å². The lowest BCUT2D eigenvalue weighted by Crippen LogP contribution is -2.71. The molecular formula is C30H62N2OSi. The van der Waals surface area contributed by atoms with Crippen molar-refractivity contribution >= 4 is 14.1 Å². The average Bonchev–Trinajstić information content (AvgIpc) is 2.67. The van der Waals surface area contributed by atoms with E-state index < -0.39 is 8.24 Å². The van der Waals surface area contributed by atoms with Gasteiger partial charge in [-0.05, 0) is 47.0 Å². The predicted molar refractivity (Wildman–Crippen MR) is 154 cm³/mol. The molecule has 0 aromatic heterocycles. The average molecular weight is 495 g/mol. The summed E-state index contributed by atoms with van der Waals surface area (Å²) in [5.41, 5.74) is 0.275. The van der Waals surface area contributed by atoms with E-state index in [0.717, 1.165) is 19.3 Å². The number of carbonyl (C=O) groups excluding carboxylic acids is 1. The van der Waals surface area contributed by atoms with Gasteiger partial charge in [0.05, 0.1) is 0 Å². The second-order valence-corrected chi connectivity index (χ2v) is 18.3. The monoisotopic (exact) mass is 494 g/mol. The van der Waals surface area contributed by atoms with Crippen molar-refractivity contribution in [2.24, 2.45) is 0 Å². The fourth-order valence-electron chi connectivity index (χ4n) is 7.15. The highest BCUT2D eigenvalue weighted by Gasteiger charge is 2.50. The highest BCUT2D eigenvalue weighted by atomic mass is 28.3. The molecule has 1 N–H and O–H groups in total. The van der Waals surface area contributed by atoms with Gasteiger partial charge in [0.25, 0.3) is 0 Å². The summed E-state index contributed by atoms with van der Waals surface area (Å²) < 4.78 is 2.80. The third-order valence-electron chi connectivity index (χ3n) is 7.75. The van der Waals surface area contributed by atoms with Gasteiger partial charge in [-0.25, -0.2) is 0 Å². The van der Waals surface area contributed by atoms with Crippen molar-refractivity contribution in [3.05, 3.63) is 0 Å². The summed E-state index contributed by atoms with van der Waals surface area (Å²) in [6.07, 6.45) is 23.3. The molecule has 1 heterocycles. The Morgan fingerprint density at radius 3 is 1.41 bits per heavy atom. The van der Waals surface area contributed by atoms with Crippen molar-refractivity contribution < 1.29 is 4.79 Å². The number of hydrogen-bond donors (Lipinski definition) is 1. The molecule has 1 fully saturated rings. The van der Waals surface area contributed by atoms with E-state index in [-0.39, 0.29) is 17.0 Å². The van der Waals surface area contributed by atoms with Crippen LogP contribution in [0.5, 0.6) is 0 Å². The summed E-state index contributed by atoms with van der Waals surface area (Å²) in [5, 5.41) is 3.40. The molecule has 202 valence electrons. The van der Waals surface area contributed by atoms with Gasteiger partial charge < -0.3 is 9.88 Å². The Morgan fingerprint density at radius 1 is 0.706 bits per heavy atom. The number of rotatable bonds is 18. The molecule has 0 aromatic rings. The molecule has 0 unspecified atom stereocenters. The van der Waals surface area contributed by atoms with Crippen LogP contribution in [0.25, 0.3) is 0 Å². The molecule has 1 aliphatic heterocycles. The summed E-state index contributed by atoms with van der Waals surface area (Å²) in [7, 11) is -1.43. The largest absolute Gasteiger partial charge is 0.353 e. The van der Waals surface area contributed by atoms with Gasteiger partial charge in [0.15, 0.2) is 0 Å². The molecule has 1 saturated heterocycles. The first-order valence-electron chi connectivity index (χ1n) is 15.0. The molecule has 0 saturated carbocycles. The topological polar surface area (TPSA) is 32.3 Å². The number of nitrogens with zero attached hydrogens (tertiary/aromatic N) is 1. The molecule has 0 spiro atoms. The van der Waals surface area contributed by atoms with Crippen LogP contribution in [0.3, 0.4) is 0 Å². The van der Waals surface area contributed by atoms with Crippen LogP contribution in [-0.4, -0.2) is 35.8 Å². The maximum absolute atomic E-state index is 12.6. The summed E-state index contributed by atoms with van der Waals surface area (Å²) >= 11 is 0. The minimum atomic E-state index is -1.43. The first-order valence-corrected chi connectivity index (χ1v) is 18.4. The van der Waals surface area contributed by atoms with Crippen molar-refractivity contribution in [3.63, 3.8) is 0 Å². The summed E-state index contributed by atoms with van der Waals surface area (Å²) in [6, 6.07) is 0.307. The second kappa shape index (κ2) is 15.7. The van der Waals surface area contributed by atoms with Crippen LogP contribution >= 0.6 is 0 Å². The Balaban J connectivity index is 2.08. The number of hydrogen-bond acceptors (Lipinski definition) is 2. The highest BCUT2D eigenvalue weighted by molar-refractivity contribution is 6.73. The van der Waals surface area contributed by atoms with E-state index in [1.54, 1.807) is 0 Å². The number of unbranched alkanes of at least 4 members (excludes halogenated alkanes) is 14. The fourth-order valence-corrected chi connectivity index (χ4v) is 11.0. The van der Waals surface area contributed by atoms with Gasteiger partial charge in [-0.2, -0.15) is 0 Å². The molecule has 3 nitrogen and oxygen atoms in total. The first kappa shape index (κ1) is 31.7. The standard InChI is InChI=1S/C30H62N2OSi/c1-9-10-11-12-13-14-15-16-17-18-19-20-21-22-23-24-28(33)31-27-25-29(2,3)32(34(6,7)8)30(4,5)26-27/h27H,9-26H2,1-8H3,(H,31,33). The summed E-state index contributed by atoms with van der Waals surface area (Å²) in [6.45, 7) is 19.1. The van der Waals surface area contributed by atoms with Gasteiger partial charge in [0, 0.05) is 23.5 Å². The lowest BCUT2D eigenvalue weighted by atomic mass is 9.79. The third-order valence-corrected chi connectivity index (χ3v) is 10.3. The number of amides is 1. The van der Waals surface area contributed by atoms with Crippen molar-refractivity contribution in [2.45, 2.75) is 187 Å². The third kappa shape index (κ3) is 12.6. The Hall–Kier alpha value is -0.353. The molecule has 4 heteroatoms. The zero-order valence-electron chi connectivity index (χ0n) is 24.7. The molecule has 1 aliphatic rings. The lowest BCUT2D eigenvalue weighted by molar-refractivity contribution is -0.123. The molecule has 0 aromatic carbocycles. The molecular weight excluding hydrogens is 432 g/mol. The van der Waals surface area contributed by atoms with Gasteiger partial charge in [-0.15, -0.1) is 0 Å². The zero-order valence-corrected chi connectivity index (χ0v) is 25.7. The maximum atomic E-state index is 12.6. The molecule has 1 amide bonds. The van der Waals surface area contributed by atoms with Crippen molar-refractivity contribution in [1.82, 2.24) is 9.88 Å². The van der Waals surface area contributed by atoms with E-state index in [1.807, 2.05) is 0 Å². The van der Waals surface area contributed by atoms with E-state index in [2.05, 4.69) is 64.1 Å². The summed E-state index contributed by atoms with van der Waals surface area (Å²) in [4.78, 5) is 12.6. The van der Waals surface area contributed by atoms with Crippen molar-refractivity contribution in [2.75, 3.05) is 0 Å². The van der Waals surface area contributed by atoms with Gasteiger partial charge in [-0.1, -0.05) is 116 Å². The van der Waals surface area contributed by atoms with E-state index in [1.165, 1.54) is 89.9 Å². The van der Waals surface area contributed by atoms with E-state index in [9.17, 15) is 4.79 Å². The second-order valence-electron chi connectivity index (χ2n) is 13.5. The minimum absolute atomic E-state index is 0.138. The van der Waals surface area contributed by atoms with Crippen LogP contribution < -0.4 is 5.32 Å². The van der Waals surface area contributed by atoms with Crippen LogP contribution in [0.1, 0.15) is 150 Å². The number of piperidine rings is 1. The summed E-state index contributed by atoms with van der Waals surface area (Å²) in [5.74, 6) is 0.271. The highest BCUT2D eigenvalue weighted by Crippen LogP contribution is 2.42. The SMILES string of the molecule is CCCCCCCCCCCCCCCCCC(=O)NC1CC(C)(C)N([Si](C)(C)C)C(C)(C)C1. The Morgan fingerprint density at radius 2 is 1.06 bits per heavy atom. The van der Waals surface area contributed by atoms with Gasteiger partial charge >= 0.3 is 0 Å². The predicted octanol–water partition coefficient (Wildman–Crippen LogP) is 9.22. The van der Waals surface area contributed by atoms with Crippen LogP contribution in [0.15, 0.2) is 0 Å². The molecule has 0 aliphatic carbocycles. The van der Waals surface area contributed by atoms with E-state index >= 15 is 0 Å². The van der Waals surface area contributed by atoms with Crippen LogP contribution in [0.4, 0.5) is 0 Å². The smallest absolute Gasteiger partial charge is 0.220 e. The molecule has 1 rings (SSSR count). The minimum Gasteiger partial charge on any atom is -0.353 e. The van der Waals surface area contributed by atoms with Crippen LogP contribution in [-0.2, 0) is 4.79 Å². The van der Waals surface area contributed by atoms with Crippen molar-refractivity contribution in [3.8, 4) is 0 Å². The Labute approximate surface area is 215 Å². The molecule has 0 atom stereocenters. The normalized spacial score (nSPS) is 18.8. The quantitative estimate of drug-likeness (QED) is 0.152. The Kier molecular flexibility index (Phi) is 14.6. The van der Waals surface area contributed by atoms with E-state index in [4.69, 9.17) is 0 Å². The lowest BCUT2D eigenvalue weighted by Gasteiger charge is -2.60. The van der Waals surface area contributed by atoms with Gasteiger partial charge in [0.2, 0.25) is 5.91 Å². The fraction of sp³-hybridized carbons (Fsp3) is 0.967. The van der Waals surface area contributed by atoms with Crippen LogP contribution in [0.2, 0.25) is 19.6 Å². The molecule has 34 heavy (non-hydrogen) atoms.